The zero-order valence-corrected chi connectivity index (χ0v) is 11.2. The van der Waals surface area contributed by atoms with Gasteiger partial charge in [0.15, 0.2) is 0 Å². The first-order valence-electron chi connectivity index (χ1n) is 6.83. The van der Waals surface area contributed by atoms with Gasteiger partial charge in [-0.1, -0.05) is 26.7 Å². The Morgan fingerprint density at radius 1 is 1.28 bits per heavy atom. The molecule has 0 aromatic rings. The Kier molecular flexibility index (Phi) is 5.95. The first-order chi connectivity index (χ1) is 8.56. The lowest BCUT2D eigenvalue weighted by atomic mass is 10.0. The molecule has 1 aliphatic carbocycles. The van der Waals surface area contributed by atoms with Crippen LogP contribution in [0.15, 0.2) is 0 Å². The fourth-order valence-corrected chi connectivity index (χ4v) is 2.39. The van der Waals surface area contributed by atoms with E-state index < -0.39 is 5.97 Å². The van der Waals surface area contributed by atoms with Gasteiger partial charge in [-0.25, -0.2) is 4.79 Å². The summed E-state index contributed by atoms with van der Waals surface area (Å²) in [5.41, 5.74) is 0. The highest BCUT2D eigenvalue weighted by atomic mass is 16.4. The molecule has 1 aliphatic rings. The standard InChI is InChI=1S/C13H24N2O3/c1-3-9(4-2)8-14-13(18)15-11-6-5-10(7-11)12(16)17/h9-11H,3-8H2,1-2H3,(H,16,17)(H2,14,15,18)/t10-,11+/m1/s1. The van der Waals surface area contributed by atoms with E-state index in [1.54, 1.807) is 0 Å². The maximum Gasteiger partial charge on any atom is 0.315 e. The number of aliphatic carboxylic acids is 1. The van der Waals surface area contributed by atoms with Crippen molar-refractivity contribution in [3.63, 3.8) is 0 Å². The fourth-order valence-electron chi connectivity index (χ4n) is 2.39. The minimum atomic E-state index is -0.753. The molecule has 1 fully saturated rings. The molecular formula is C13H24N2O3. The summed E-state index contributed by atoms with van der Waals surface area (Å²) >= 11 is 0. The third kappa shape index (κ3) is 4.55. The Balaban J connectivity index is 2.23. The second-order valence-corrected chi connectivity index (χ2v) is 5.08. The van der Waals surface area contributed by atoms with E-state index in [0.717, 1.165) is 19.3 Å². The highest BCUT2D eigenvalue weighted by Gasteiger charge is 2.30. The molecule has 5 nitrogen and oxygen atoms in total. The number of rotatable bonds is 6. The summed E-state index contributed by atoms with van der Waals surface area (Å²) in [5, 5.41) is 14.6. The van der Waals surface area contributed by atoms with Gasteiger partial charge in [0.25, 0.3) is 0 Å². The predicted molar refractivity (Wildman–Crippen MR) is 69.4 cm³/mol. The van der Waals surface area contributed by atoms with Crippen LogP contribution in [0.5, 0.6) is 0 Å². The molecule has 0 heterocycles. The number of urea groups is 1. The Labute approximate surface area is 108 Å². The highest BCUT2D eigenvalue weighted by Crippen LogP contribution is 2.25. The quantitative estimate of drug-likeness (QED) is 0.680. The van der Waals surface area contributed by atoms with E-state index in [9.17, 15) is 9.59 Å². The number of carbonyl (C=O) groups is 2. The molecule has 104 valence electrons. The van der Waals surface area contributed by atoms with E-state index in [4.69, 9.17) is 5.11 Å². The van der Waals surface area contributed by atoms with Crippen LogP contribution in [-0.2, 0) is 4.79 Å². The third-order valence-electron chi connectivity index (χ3n) is 3.82. The fraction of sp³-hybridized carbons (Fsp3) is 0.846. The topological polar surface area (TPSA) is 78.4 Å². The molecule has 18 heavy (non-hydrogen) atoms. The Hall–Kier alpha value is -1.26. The van der Waals surface area contributed by atoms with Crippen LogP contribution in [-0.4, -0.2) is 29.7 Å². The lowest BCUT2D eigenvalue weighted by Gasteiger charge is -2.16. The van der Waals surface area contributed by atoms with Crippen LogP contribution < -0.4 is 10.6 Å². The first-order valence-corrected chi connectivity index (χ1v) is 6.83. The van der Waals surface area contributed by atoms with Crippen molar-refractivity contribution in [3.05, 3.63) is 0 Å². The number of carbonyl (C=O) groups excluding carboxylic acids is 1. The molecule has 1 saturated carbocycles. The van der Waals surface area contributed by atoms with E-state index in [0.29, 0.717) is 25.3 Å². The summed E-state index contributed by atoms with van der Waals surface area (Å²) in [6, 6.07) is -0.161. The molecule has 5 heteroatoms. The van der Waals surface area contributed by atoms with Crippen LogP contribution in [0.1, 0.15) is 46.0 Å². The van der Waals surface area contributed by atoms with Crippen molar-refractivity contribution in [1.29, 1.82) is 0 Å². The summed E-state index contributed by atoms with van der Waals surface area (Å²) in [6.45, 7) is 4.91. The lowest BCUT2D eigenvalue weighted by Crippen LogP contribution is -2.42. The monoisotopic (exact) mass is 256 g/mol. The van der Waals surface area contributed by atoms with Crippen LogP contribution in [0, 0.1) is 11.8 Å². The predicted octanol–water partition coefficient (Wildman–Crippen LogP) is 1.98. The van der Waals surface area contributed by atoms with Gasteiger partial charge in [-0.3, -0.25) is 4.79 Å². The van der Waals surface area contributed by atoms with Gasteiger partial charge in [0.1, 0.15) is 0 Å². The average Bonchev–Trinajstić information content (AvgIpc) is 2.79. The normalized spacial score (nSPS) is 23.1. The summed E-state index contributed by atoms with van der Waals surface area (Å²) < 4.78 is 0. The Morgan fingerprint density at radius 2 is 1.94 bits per heavy atom. The summed E-state index contributed by atoms with van der Waals surface area (Å²) in [5.74, 6) is -0.530. The van der Waals surface area contributed by atoms with E-state index >= 15 is 0 Å². The van der Waals surface area contributed by atoms with Crippen molar-refractivity contribution in [1.82, 2.24) is 10.6 Å². The molecule has 0 aromatic heterocycles. The largest absolute Gasteiger partial charge is 0.481 e. The minimum absolute atomic E-state index is 0.00723. The molecule has 0 bridgehead atoms. The summed E-state index contributed by atoms with van der Waals surface area (Å²) in [7, 11) is 0. The van der Waals surface area contributed by atoms with Crippen molar-refractivity contribution >= 4 is 12.0 Å². The van der Waals surface area contributed by atoms with E-state index in [1.165, 1.54) is 0 Å². The van der Waals surface area contributed by atoms with Gasteiger partial charge in [0.2, 0.25) is 0 Å². The van der Waals surface area contributed by atoms with Crippen molar-refractivity contribution in [3.8, 4) is 0 Å². The maximum absolute atomic E-state index is 11.6. The van der Waals surface area contributed by atoms with Gasteiger partial charge in [-0.05, 0) is 25.2 Å². The summed E-state index contributed by atoms with van der Waals surface area (Å²) in [6.07, 6.45) is 4.08. The number of carboxylic acid groups (broad SMARTS) is 1. The molecule has 0 spiro atoms. The molecule has 0 aromatic carbocycles. The number of carboxylic acids is 1. The highest BCUT2D eigenvalue weighted by molar-refractivity contribution is 5.75. The first kappa shape index (κ1) is 14.8. The molecule has 3 N–H and O–H groups in total. The smallest absolute Gasteiger partial charge is 0.315 e. The van der Waals surface area contributed by atoms with Crippen molar-refractivity contribution in [2.75, 3.05) is 6.54 Å². The molecule has 2 atom stereocenters. The van der Waals surface area contributed by atoms with E-state index in [-0.39, 0.29) is 18.0 Å². The van der Waals surface area contributed by atoms with Crippen molar-refractivity contribution in [2.24, 2.45) is 11.8 Å². The Bertz CT molecular complexity index is 290. The van der Waals surface area contributed by atoms with E-state index in [1.807, 2.05) is 0 Å². The summed E-state index contributed by atoms with van der Waals surface area (Å²) in [4.78, 5) is 22.4. The molecule has 2 amide bonds. The van der Waals surface area contributed by atoms with Gasteiger partial charge >= 0.3 is 12.0 Å². The van der Waals surface area contributed by atoms with Gasteiger partial charge < -0.3 is 15.7 Å². The maximum atomic E-state index is 11.6. The number of nitrogens with one attached hydrogen (secondary N) is 2. The second-order valence-electron chi connectivity index (χ2n) is 5.08. The molecular weight excluding hydrogens is 232 g/mol. The van der Waals surface area contributed by atoms with Crippen molar-refractivity contribution in [2.45, 2.75) is 52.0 Å². The zero-order valence-electron chi connectivity index (χ0n) is 11.2. The van der Waals surface area contributed by atoms with Gasteiger partial charge in [0.05, 0.1) is 5.92 Å². The zero-order chi connectivity index (χ0) is 13.5. The van der Waals surface area contributed by atoms with Crippen LogP contribution in [0.4, 0.5) is 4.79 Å². The number of hydrogen-bond donors (Lipinski definition) is 3. The minimum Gasteiger partial charge on any atom is -0.481 e. The average molecular weight is 256 g/mol. The van der Waals surface area contributed by atoms with Gasteiger partial charge in [-0.2, -0.15) is 0 Å². The SMILES string of the molecule is CCC(CC)CNC(=O)N[C@H]1CC[C@@H](C(=O)O)C1. The lowest BCUT2D eigenvalue weighted by molar-refractivity contribution is -0.141. The Morgan fingerprint density at radius 3 is 2.44 bits per heavy atom. The molecule has 1 rings (SSSR count). The van der Waals surface area contributed by atoms with Gasteiger partial charge in [0, 0.05) is 12.6 Å². The van der Waals surface area contributed by atoms with Crippen LogP contribution in [0.2, 0.25) is 0 Å². The van der Waals surface area contributed by atoms with Gasteiger partial charge in [-0.15, -0.1) is 0 Å². The third-order valence-corrected chi connectivity index (χ3v) is 3.82. The van der Waals surface area contributed by atoms with Crippen LogP contribution >= 0.6 is 0 Å². The molecule has 0 aliphatic heterocycles. The molecule has 0 saturated heterocycles. The number of amides is 2. The molecule has 0 unspecified atom stereocenters. The second kappa shape index (κ2) is 7.24. The molecule has 0 radical (unpaired) electrons. The van der Waals surface area contributed by atoms with E-state index in [2.05, 4.69) is 24.5 Å². The number of hydrogen-bond acceptors (Lipinski definition) is 2. The van der Waals surface area contributed by atoms with Crippen molar-refractivity contribution < 1.29 is 14.7 Å². The van der Waals surface area contributed by atoms with Crippen LogP contribution in [0.3, 0.4) is 0 Å². The van der Waals surface area contributed by atoms with Crippen LogP contribution in [0.25, 0.3) is 0 Å².